The molecule has 2 N–H and O–H groups in total. The molecule has 54 heavy (non-hydrogen) atoms. The molecule has 0 atom stereocenters. The lowest BCUT2D eigenvalue weighted by Crippen LogP contribution is -2.03. The molecule has 0 saturated carbocycles. The van der Waals surface area contributed by atoms with Crippen LogP contribution >= 0.6 is 34.8 Å². The van der Waals surface area contributed by atoms with Crippen molar-refractivity contribution in [3.05, 3.63) is 175 Å². The van der Waals surface area contributed by atoms with E-state index in [9.17, 15) is 15.0 Å². The van der Waals surface area contributed by atoms with Gasteiger partial charge < -0.3 is 14.9 Å². The quantitative estimate of drug-likeness (QED) is 0.155. The lowest BCUT2D eigenvalue weighted by molar-refractivity contribution is -0.131. The lowest BCUT2D eigenvalue weighted by Gasteiger charge is -2.05. The van der Waals surface area contributed by atoms with Gasteiger partial charge in [0.2, 0.25) is 0 Å². The maximum absolute atomic E-state index is 10.9. The van der Waals surface area contributed by atoms with Crippen LogP contribution in [0.25, 0.3) is 36.5 Å². The Bertz CT molecular complexity index is 2300. The molecule has 274 valence electrons. The van der Waals surface area contributed by atoms with Gasteiger partial charge in [-0.3, -0.25) is 4.79 Å². The minimum atomic E-state index is -0.350. The Kier molecular flexibility index (Phi) is 15.6. The molecule has 0 amide bonds. The molecule has 0 aliphatic carbocycles. The average molecular weight is 779 g/mol. The topological polar surface area (TPSA) is 105 Å². The van der Waals surface area contributed by atoms with Crippen molar-refractivity contribution in [2.75, 3.05) is 0 Å². The van der Waals surface area contributed by atoms with Crippen molar-refractivity contribution >= 4 is 77.2 Å². The number of pyridine rings is 3. The van der Waals surface area contributed by atoms with Crippen molar-refractivity contribution in [1.29, 1.82) is 0 Å². The summed E-state index contributed by atoms with van der Waals surface area (Å²) >= 11 is 17.7. The maximum Gasteiger partial charge on any atom is 0.308 e. The number of halogens is 3. The van der Waals surface area contributed by atoms with Gasteiger partial charge in [-0.25, -0.2) is 15.0 Å². The number of aromatic hydroxyl groups is 2. The monoisotopic (exact) mass is 777 g/mol. The van der Waals surface area contributed by atoms with Gasteiger partial charge in [-0.15, -0.1) is 0 Å². The summed E-state index contributed by atoms with van der Waals surface area (Å²) in [5.41, 5.74) is 7.31. The Hall–Kier alpha value is -5.73. The Balaban J connectivity index is 0.000000181. The van der Waals surface area contributed by atoms with Crippen molar-refractivity contribution in [2.24, 2.45) is 0 Å². The Morgan fingerprint density at radius 3 is 1.48 bits per heavy atom. The van der Waals surface area contributed by atoms with Gasteiger partial charge in [0.25, 0.3) is 0 Å². The zero-order valence-corrected chi connectivity index (χ0v) is 32.3. The molecule has 0 fully saturated rings. The van der Waals surface area contributed by atoms with Crippen LogP contribution in [0.4, 0.5) is 0 Å². The van der Waals surface area contributed by atoms with Crippen LogP contribution < -0.4 is 4.74 Å². The first-order valence-electron chi connectivity index (χ1n) is 16.6. The van der Waals surface area contributed by atoms with E-state index in [0.29, 0.717) is 37.9 Å². The second kappa shape index (κ2) is 20.5. The summed E-state index contributed by atoms with van der Waals surface area (Å²) in [5.74, 6) is 0.522. The molecule has 0 radical (unpaired) electrons. The van der Waals surface area contributed by atoms with Gasteiger partial charge in [0.15, 0.2) is 5.75 Å². The minimum absolute atomic E-state index is 0.175. The van der Waals surface area contributed by atoms with E-state index < -0.39 is 0 Å². The summed E-state index contributed by atoms with van der Waals surface area (Å²) in [6, 6.07) is 33.0. The summed E-state index contributed by atoms with van der Waals surface area (Å²) in [5, 5.41) is 21.1. The fourth-order valence-electron chi connectivity index (χ4n) is 4.65. The fourth-order valence-corrected chi connectivity index (χ4v) is 5.25. The number of hydrogen-bond donors (Lipinski definition) is 2. The first kappa shape index (κ1) is 41.0. The molecule has 0 spiro atoms. The largest absolute Gasteiger partial charge is 0.506 e. The molecule has 0 aliphatic heterocycles. The Morgan fingerprint density at radius 1 is 0.556 bits per heavy atom. The SMILES string of the molecule is CC(=O)Oc1ccc(C=Cc2cccc(Cl)c2)nc1C.Cc1ccc(O)c(C=Cc2cccc(Cl)c2)n1.Cc1nc(C=Cc2cccc(Cl)c2)ccc1O. The van der Waals surface area contributed by atoms with Gasteiger partial charge >= 0.3 is 5.97 Å². The number of esters is 1. The molecule has 7 nitrogen and oxygen atoms in total. The molecule has 0 aliphatic rings. The van der Waals surface area contributed by atoms with Gasteiger partial charge in [-0.05, 0) is 128 Å². The molecular weight excluding hydrogens is 741 g/mol. The van der Waals surface area contributed by atoms with Crippen LogP contribution in [-0.2, 0) is 4.79 Å². The van der Waals surface area contributed by atoms with Crippen molar-refractivity contribution in [1.82, 2.24) is 15.0 Å². The first-order valence-corrected chi connectivity index (χ1v) is 17.8. The molecule has 3 aromatic carbocycles. The Labute approximate surface area is 330 Å². The molecular formula is C44H38Cl3N3O4. The van der Waals surface area contributed by atoms with Crippen LogP contribution in [0.3, 0.4) is 0 Å². The summed E-state index contributed by atoms with van der Waals surface area (Å²) < 4.78 is 5.04. The highest BCUT2D eigenvalue weighted by molar-refractivity contribution is 6.31. The van der Waals surface area contributed by atoms with Gasteiger partial charge in [-0.2, -0.15) is 0 Å². The van der Waals surface area contributed by atoms with Gasteiger partial charge in [0, 0.05) is 27.7 Å². The molecule has 6 aromatic rings. The van der Waals surface area contributed by atoms with Crippen LogP contribution in [0.1, 0.15) is 57.8 Å². The number of nitrogens with zero attached hydrogens (tertiary/aromatic N) is 3. The molecule has 3 aromatic heterocycles. The predicted octanol–water partition coefficient (Wildman–Crippen LogP) is 12.0. The highest BCUT2D eigenvalue weighted by Gasteiger charge is 2.04. The first-order chi connectivity index (χ1) is 25.8. The molecule has 0 unspecified atom stereocenters. The predicted molar refractivity (Wildman–Crippen MR) is 223 cm³/mol. The highest BCUT2D eigenvalue weighted by Crippen LogP contribution is 2.21. The van der Waals surface area contributed by atoms with E-state index in [4.69, 9.17) is 39.5 Å². The number of aromatic nitrogens is 3. The van der Waals surface area contributed by atoms with Gasteiger partial charge in [0.1, 0.15) is 17.2 Å². The lowest BCUT2D eigenvalue weighted by atomic mass is 10.2. The molecule has 10 heteroatoms. The smallest absolute Gasteiger partial charge is 0.308 e. The maximum atomic E-state index is 10.9. The number of carbonyl (C=O) groups excluding carboxylic acids is 1. The van der Waals surface area contributed by atoms with Crippen molar-refractivity contribution < 1.29 is 19.7 Å². The zero-order valence-electron chi connectivity index (χ0n) is 30.0. The third-order valence-electron chi connectivity index (χ3n) is 7.31. The molecule has 3 heterocycles. The van der Waals surface area contributed by atoms with E-state index in [1.807, 2.05) is 110 Å². The number of benzene rings is 3. The van der Waals surface area contributed by atoms with Gasteiger partial charge in [0.05, 0.1) is 22.8 Å². The summed E-state index contributed by atoms with van der Waals surface area (Å²) in [6.45, 7) is 6.82. The van der Waals surface area contributed by atoms with Crippen LogP contribution in [0.15, 0.2) is 109 Å². The van der Waals surface area contributed by atoms with Crippen LogP contribution in [0, 0.1) is 20.8 Å². The third-order valence-corrected chi connectivity index (χ3v) is 8.01. The molecule has 0 saturated heterocycles. The van der Waals surface area contributed by atoms with E-state index in [2.05, 4.69) is 15.0 Å². The second-order valence-electron chi connectivity index (χ2n) is 11.8. The molecule has 6 rings (SSSR count). The standard InChI is InChI=1S/C16H14ClNO2.2C14H12ClNO/c1-11-16(20-12(2)19)9-8-15(18-11)7-6-13-4-3-5-14(17)10-13;1-10-5-8-14(17)13(16-10)7-6-11-3-2-4-12(15)9-11;1-10-14(17)8-7-13(16-10)6-5-11-3-2-4-12(15)9-11/h3-10H,1-2H3;2*2-9,17H,1H3. The van der Waals surface area contributed by atoms with Crippen molar-refractivity contribution in [3.63, 3.8) is 0 Å². The summed E-state index contributed by atoms with van der Waals surface area (Å²) in [7, 11) is 0. The Morgan fingerprint density at radius 2 is 1.02 bits per heavy atom. The van der Waals surface area contributed by atoms with Gasteiger partial charge in [-0.1, -0.05) is 89.4 Å². The summed E-state index contributed by atoms with van der Waals surface area (Å²) in [4.78, 5) is 23.8. The normalized spacial score (nSPS) is 10.9. The van der Waals surface area contributed by atoms with E-state index in [1.165, 1.54) is 6.92 Å². The second-order valence-corrected chi connectivity index (χ2v) is 13.1. The minimum Gasteiger partial charge on any atom is -0.506 e. The number of rotatable bonds is 7. The van der Waals surface area contributed by atoms with Crippen molar-refractivity contribution in [3.8, 4) is 17.2 Å². The molecule has 0 bridgehead atoms. The van der Waals surface area contributed by atoms with E-state index in [1.54, 1.807) is 56.3 Å². The van der Waals surface area contributed by atoms with Crippen LogP contribution in [-0.4, -0.2) is 31.1 Å². The number of aryl methyl sites for hydroxylation is 3. The number of carbonyl (C=O) groups is 1. The number of ether oxygens (including phenoxy) is 1. The average Bonchev–Trinajstić information content (AvgIpc) is 3.13. The number of hydrogen-bond acceptors (Lipinski definition) is 7. The van der Waals surface area contributed by atoms with E-state index in [-0.39, 0.29) is 17.5 Å². The summed E-state index contributed by atoms with van der Waals surface area (Å²) in [6.07, 6.45) is 11.3. The highest BCUT2D eigenvalue weighted by atomic mass is 35.5. The van der Waals surface area contributed by atoms with E-state index in [0.717, 1.165) is 33.8 Å². The van der Waals surface area contributed by atoms with E-state index >= 15 is 0 Å². The van der Waals surface area contributed by atoms with Crippen LogP contribution in [0.5, 0.6) is 17.2 Å². The third kappa shape index (κ3) is 14.0. The fraction of sp³-hybridized carbons (Fsp3) is 0.0909. The zero-order chi connectivity index (χ0) is 39.0. The van der Waals surface area contributed by atoms with Crippen LogP contribution in [0.2, 0.25) is 15.1 Å². The van der Waals surface area contributed by atoms with Crippen molar-refractivity contribution in [2.45, 2.75) is 27.7 Å².